The Morgan fingerprint density at radius 1 is 1.40 bits per heavy atom. The highest BCUT2D eigenvalue weighted by Crippen LogP contribution is 2.32. The summed E-state index contributed by atoms with van der Waals surface area (Å²) >= 11 is 5.87. The molecule has 0 spiro atoms. The zero-order valence-corrected chi connectivity index (χ0v) is 12.6. The molecule has 0 unspecified atom stereocenters. The molecule has 2 amide bonds. The van der Waals surface area contributed by atoms with E-state index in [0.717, 1.165) is 0 Å². The minimum atomic E-state index is -0.651. The third-order valence-electron chi connectivity index (χ3n) is 2.72. The van der Waals surface area contributed by atoms with Crippen LogP contribution >= 0.6 is 11.6 Å². The number of aromatic nitrogens is 1. The van der Waals surface area contributed by atoms with Gasteiger partial charge in [-0.3, -0.25) is 9.69 Å². The summed E-state index contributed by atoms with van der Waals surface area (Å²) in [7, 11) is 1.63. The Balaban J connectivity index is 2.41. The highest BCUT2D eigenvalue weighted by Gasteiger charge is 2.34. The van der Waals surface area contributed by atoms with E-state index < -0.39 is 11.7 Å². The van der Waals surface area contributed by atoms with Crippen LogP contribution in [0.3, 0.4) is 0 Å². The van der Waals surface area contributed by atoms with E-state index in [1.165, 1.54) is 9.80 Å². The number of pyridine rings is 1. The van der Waals surface area contributed by atoms with Crippen LogP contribution < -0.4 is 9.80 Å². The predicted octanol–water partition coefficient (Wildman–Crippen LogP) is 2.45. The lowest BCUT2D eigenvalue weighted by molar-refractivity contribution is -0.117. The average Bonchev–Trinajstić information content (AvgIpc) is 2.31. The number of hydrogen-bond donors (Lipinski definition) is 0. The summed E-state index contributed by atoms with van der Waals surface area (Å²) in [6.45, 7) is 5.16. The van der Waals surface area contributed by atoms with Gasteiger partial charge >= 0.3 is 6.09 Å². The number of rotatable bonds is 0. The number of carbonyl (C=O) groups is 2. The van der Waals surface area contributed by atoms with Gasteiger partial charge in [0.1, 0.15) is 17.3 Å². The summed E-state index contributed by atoms with van der Waals surface area (Å²) in [5, 5.41) is 0.250. The van der Waals surface area contributed by atoms with E-state index in [0.29, 0.717) is 11.5 Å². The van der Waals surface area contributed by atoms with Gasteiger partial charge in [0.2, 0.25) is 5.91 Å². The van der Waals surface area contributed by atoms with Gasteiger partial charge in [-0.15, -0.1) is 0 Å². The number of hydrogen-bond acceptors (Lipinski definition) is 4. The van der Waals surface area contributed by atoms with Gasteiger partial charge in [-0.1, -0.05) is 11.6 Å². The number of amides is 2. The molecule has 6 nitrogen and oxygen atoms in total. The Morgan fingerprint density at radius 3 is 2.65 bits per heavy atom. The summed E-state index contributed by atoms with van der Waals surface area (Å²) in [6, 6.07) is 3.22. The smallest absolute Gasteiger partial charge is 0.416 e. The molecule has 0 saturated carbocycles. The fourth-order valence-electron chi connectivity index (χ4n) is 1.80. The van der Waals surface area contributed by atoms with Crippen molar-refractivity contribution < 1.29 is 14.3 Å². The molecule has 0 atom stereocenters. The lowest BCUT2D eigenvalue weighted by Gasteiger charge is -2.34. The topological polar surface area (TPSA) is 62.7 Å². The van der Waals surface area contributed by atoms with Crippen LogP contribution in [0.5, 0.6) is 0 Å². The van der Waals surface area contributed by atoms with Crippen LogP contribution in [-0.4, -0.2) is 36.2 Å². The van der Waals surface area contributed by atoms with Gasteiger partial charge < -0.3 is 9.64 Å². The van der Waals surface area contributed by atoms with Crippen LogP contribution in [0.25, 0.3) is 0 Å². The maximum atomic E-state index is 12.2. The molecule has 2 heterocycles. The van der Waals surface area contributed by atoms with Crippen LogP contribution in [0.2, 0.25) is 5.15 Å². The number of carbonyl (C=O) groups excluding carboxylic acids is 2. The number of ether oxygens (including phenoxy) is 1. The molecular weight excluding hydrogens is 282 g/mol. The lowest BCUT2D eigenvalue weighted by atomic mass is 10.2. The Morgan fingerprint density at radius 2 is 2.05 bits per heavy atom. The van der Waals surface area contributed by atoms with Crippen molar-refractivity contribution in [3.63, 3.8) is 0 Å². The molecule has 0 bridgehead atoms. The van der Waals surface area contributed by atoms with Crippen LogP contribution in [-0.2, 0) is 9.53 Å². The number of anilines is 2. The maximum Gasteiger partial charge on any atom is 0.416 e. The predicted molar refractivity (Wildman–Crippen MR) is 76.2 cm³/mol. The van der Waals surface area contributed by atoms with Gasteiger partial charge in [0.15, 0.2) is 5.82 Å². The summed E-state index contributed by atoms with van der Waals surface area (Å²) in [5.74, 6) is 0.112. The molecule has 0 radical (unpaired) electrons. The molecule has 0 N–H and O–H groups in total. The highest BCUT2D eigenvalue weighted by atomic mass is 35.5. The first-order chi connectivity index (χ1) is 9.19. The second-order valence-corrected chi connectivity index (χ2v) is 5.88. The molecule has 1 aromatic rings. The Bertz CT molecular complexity index is 568. The molecule has 0 aromatic carbocycles. The maximum absolute atomic E-state index is 12.2. The van der Waals surface area contributed by atoms with Crippen LogP contribution in [0.4, 0.5) is 16.3 Å². The Hall–Kier alpha value is -1.82. The zero-order valence-electron chi connectivity index (χ0n) is 11.8. The van der Waals surface area contributed by atoms with E-state index in [4.69, 9.17) is 16.3 Å². The monoisotopic (exact) mass is 297 g/mol. The molecule has 1 aliphatic rings. The van der Waals surface area contributed by atoms with Gasteiger partial charge in [0.25, 0.3) is 0 Å². The molecular formula is C13H16ClN3O3. The van der Waals surface area contributed by atoms with Crippen molar-refractivity contribution in [3.8, 4) is 0 Å². The largest absolute Gasteiger partial charge is 0.443 e. The third kappa shape index (κ3) is 2.85. The van der Waals surface area contributed by atoms with Gasteiger partial charge in [-0.2, -0.15) is 0 Å². The van der Waals surface area contributed by atoms with E-state index in [-0.39, 0.29) is 17.6 Å². The van der Waals surface area contributed by atoms with Crippen molar-refractivity contribution >= 4 is 35.1 Å². The summed E-state index contributed by atoms with van der Waals surface area (Å²) in [4.78, 5) is 30.9. The van der Waals surface area contributed by atoms with Crippen LogP contribution in [0.1, 0.15) is 20.8 Å². The fourth-order valence-corrected chi connectivity index (χ4v) is 1.94. The molecule has 2 rings (SSSR count). The first-order valence-electron chi connectivity index (χ1n) is 6.12. The first-order valence-corrected chi connectivity index (χ1v) is 6.50. The normalized spacial score (nSPS) is 15.2. The van der Waals surface area contributed by atoms with E-state index in [2.05, 4.69) is 4.98 Å². The van der Waals surface area contributed by atoms with Gasteiger partial charge in [-0.05, 0) is 32.9 Å². The quantitative estimate of drug-likeness (QED) is 0.690. The Labute approximate surface area is 122 Å². The summed E-state index contributed by atoms with van der Waals surface area (Å²) < 4.78 is 5.29. The molecule has 1 aromatic heterocycles. The molecule has 1 aliphatic heterocycles. The van der Waals surface area contributed by atoms with Gasteiger partial charge in [0.05, 0.1) is 5.69 Å². The Kier molecular flexibility index (Phi) is 3.60. The molecule has 7 heteroatoms. The fraction of sp³-hybridized carbons (Fsp3) is 0.462. The van der Waals surface area contributed by atoms with Crippen molar-refractivity contribution in [1.82, 2.24) is 4.98 Å². The van der Waals surface area contributed by atoms with E-state index in [1.54, 1.807) is 40.0 Å². The summed E-state index contributed by atoms with van der Waals surface area (Å²) in [5.41, 5.74) is -0.126. The number of halogens is 1. The van der Waals surface area contributed by atoms with E-state index >= 15 is 0 Å². The van der Waals surface area contributed by atoms with Crippen molar-refractivity contribution in [2.24, 2.45) is 0 Å². The first kappa shape index (κ1) is 14.6. The van der Waals surface area contributed by atoms with Crippen molar-refractivity contribution in [3.05, 3.63) is 17.3 Å². The van der Waals surface area contributed by atoms with Gasteiger partial charge in [0, 0.05) is 7.05 Å². The van der Waals surface area contributed by atoms with Gasteiger partial charge in [-0.25, -0.2) is 9.78 Å². The molecule has 108 valence electrons. The standard InChI is InChI=1S/C13H16ClN3O3/c1-13(2,3)20-12(19)17-7-10(18)16(4)8-5-6-9(14)15-11(8)17/h5-6H,7H2,1-4H3. The van der Waals surface area contributed by atoms with Crippen LogP contribution in [0, 0.1) is 0 Å². The molecule has 0 fully saturated rings. The lowest BCUT2D eigenvalue weighted by Crippen LogP contribution is -2.48. The van der Waals surface area contributed by atoms with E-state index in [9.17, 15) is 9.59 Å². The number of fused-ring (bicyclic) bond motifs is 1. The number of likely N-dealkylation sites (N-methyl/N-ethyl adjacent to an activating group) is 1. The van der Waals surface area contributed by atoms with Crippen molar-refractivity contribution in [2.45, 2.75) is 26.4 Å². The van der Waals surface area contributed by atoms with Crippen LogP contribution in [0.15, 0.2) is 12.1 Å². The van der Waals surface area contributed by atoms with E-state index in [1.807, 2.05) is 0 Å². The highest BCUT2D eigenvalue weighted by molar-refractivity contribution is 6.29. The molecule has 0 saturated heterocycles. The minimum Gasteiger partial charge on any atom is -0.443 e. The second-order valence-electron chi connectivity index (χ2n) is 5.50. The zero-order chi connectivity index (χ0) is 15.1. The molecule has 20 heavy (non-hydrogen) atoms. The number of nitrogens with zero attached hydrogens (tertiary/aromatic N) is 3. The third-order valence-corrected chi connectivity index (χ3v) is 2.93. The van der Waals surface area contributed by atoms with Crippen molar-refractivity contribution in [2.75, 3.05) is 23.4 Å². The second kappa shape index (κ2) is 4.94. The average molecular weight is 298 g/mol. The molecule has 0 aliphatic carbocycles. The van der Waals surface area contributed by atoms with Crippen molar-refractivity contribution in [1.29, 1.82) is 0 Å². The SMILES string of the molecule is CN1C(=O)CN(C(=O)OC(C)(C)C)c2nc(Cl)ccc21. The summed E-state index contributed by atoms with van der Waals surface area (Å²) in [6.07, 6.45) is -0.616. The minimum absolute atomic E-state index is 0.119.